The fourth-order valence-corrected chi connectivity index (χ4v) is 2.63. The number of amides is 2. The number of carbonyl (C=O) groups is 2. The summed E-state index contributed by atoms with van der Waals surface area (Å²) >= 11 is 0. The highest BCUT2D eigenvalue weighted by Crippen LogP contribution is 2.16. The van der Waals surface area contributed by atoms with E-state index >= 15 is 0 Å². The third kappa shape index (κ3) is 4.00. The van der Waals surface area contributed by atoms with Crippen LogP contribution in [0.15, 0.2) is 57.7 Å². The van der Waals surface area contributed by atoms with Gasteiger partial charge in [-0.3, -0.25) is 14.2 Å². The van der Waals surface area contributed by atoms with Gasteiger partial charge >= 0.3 is 5.76 Å². The van der Waals surface area contributed by atoms with Gasteiger partial charge in [-0.05, 0) is 36.8 Å². The number of hydrogen-bond donors (Lipinski definition) is 2. The maximum absolute atomic E-state index is 12.3. The lowest BCUT2D eigenvalue weighted by Crippen LogP contribution is -2.24. The molecule has 7 nitrogen and oxygen atoms in total. The minimum atomic E-state index is -0.582. The summed E-state index contributed by atoms with van der Waals surface area (Å²) in [5.41, 5.74) is 2.14. The summed E-state index contributed by atoms with van der Waals surface area (Å²) in [7, 11) is 0. The predicted molar refractivity (Wildman–Crippen MR) is 99.1 cm³/mol. The second kappa shape index (κ2) is 7.69. The SMILES string of the molecule is CCCC(=O)Nc1cccc(NC(=O)Cn2c(=O)oc3ccccc32)c1. The van der Waals surface area contributed by atoms with Crippen LogP contribution in [0.5, 0.6) is 0 Å². The molecule has 2 N–H and O–H groups in total. The first-order chi connectivity index (χ1) is 12.6. The molecule has 1 heterocycles. The monoisotopic (exact) mass is 353 g/mol. The normalized spacial score (nSPS) is 10.7. The van der Waals surface area contributed by atoms with Gasteiger partial charge in [0.05, 0.1) is 5.52 Å². The van der Waals surface area contributed by atoms with Gasteiger partial charge in [-0.2, -0.15) is 0 Å². The molecule has 134 valence electrons. The zero-order valence-electron chi connectivity index (χ0n) is 14.3. The summed E-state index contributed by atoms with van der Waals surface area (Å²) in [6.07, 6.45) is 1.20. The van der Waals surface area contributed by atoms with Crippen LogP contribution in [-0.4, -0.2) is 16.4 Å². The van der Waals surface area contributed by atoms with Crippen LogP contribution in [0, 0.1) is 0 Å². The molecule has 3 aromatic rings. The molecular weight excluding hydrogens is 334 g/mol. The predicted octanol–water partition coefficient (Wildman–Crippen LogP) is 2.97. The van der Waals surface area contributed by atoms with Crippen LogP contribution in [0.2, 0.25) is 0 Å². The molecule has 7 heteroatoms. The molecule has 0 spiro atoms. The van der Waals surface area contributed by atoms with Crippen LogP contribution in [0.25, 0.3) is 11.1 Å². The molecule has 0 aliphatic heterocycles. The largest absolute Gasteiger partial charge is 0.420 e. The standard InChI is InChI=1S/C19H19N3O4/c1-2-6-17(23)20-13-7-5-8-14(11-13)21-18(24)12-22-15-9-3-4-10-16(15)26-19(22)25/h3-5,7-11H,2,6,12H2,1H3,(H,20,23)(H,21,24). The number of rotatable bonds is 6. The fraction of sp³-hybridized carbons (Fsp3) is 0.211. The van der Waals surface area contributed by atoms with E-state index in [2.05, 4.69) is 10.6 Å². The number of nitrogens with zero attached hydrogens (tertiary/aromatic N) is 1. The van der Waals surface area contributed by atoms with Crippen LogP contribution in [0.4, 0.5) is 11.4 Å². The summed E-state index contributed by atoms with van der Waals surface area (Å²) in [5, 5.41) is 5.50. The molecule has 0 atom stereocenters. The van der Waals surface area contributed by atoms with Crippen LogP contribution in [0.3, 0.4) is 0 Å². The van der Waals surface area contributed by atoms with Crippen molar-refractivity contribution in [2.45, 2.75) is 26.3 Å². The average molecular weight is 353 g/mol. The van der Waals surface area contributed by atoms with E-state index in [0.717, 1.165) is 6.42 Å². The van der Waals surface area contributed by atoms with Gasteiger partial charge in [-0.1, -0.05) is 25.1 Å². The van der Waals surface area contributed by atoms with Crippen molar-refractivity contribution in [2.24, 2.45) is 0 Å². The third-order valence-corrected chi connectivity index (χ3v) is 3.78. The molecule has 1 aromatic heterocycles. The number of nitrogens with one attached hydrogen (secondary N) is 2. The fourth-order valence-electron chi connectivity index (χ4n) is 2.63. The Morgan fingerprint density at radius 3 is 2.42 bits per heavy atom. The van der Waals surface area contributed by atoms with Gasteiger partial charge in [0.1, 0.15) is 6.54 Å². The van der Waals surface area contributed by atoms with Crippen molar-refractivity contribution in [3.8, 4) is 0 Å². The first-order valence-corrected chi connectivity index (χ1v) is 8.35. The Bertz CT molecular complexity index is 1000. The molecule has 2 amide bonds. The second-order valence-electron chi connectivity index (χ2n) is 5.85. The molecule has 0 radical (unpaired) electrons. The Morgan fingerprint density at radius 2 is 1.69 bits per heavy atom. The van der Waals surface area contributed by atoms with Gasteiger partial charge in [0, 0.05) is 17.8 Å². The highest BCUT2D eigenvalue weighted by atomic mass is 16.4. The first-order valence-electron chi connectivity index (χ1n) is 8.35. The maximum Gasteiger partial charge on any atom is 0.420 e. The number of oxazole rings is 1. The molecule has 2 aromatic carbocycles. The smallest absolute Gasteiger partial charge is 0.408 e. The number of para-hydroxylation sites is 2. The van der Waals surface area contributed by atoms with E-state index in [1.807, 2.05) is 6.92 Å². The summed E-state index contributed by atoms with van der Waals surface area (Å²) < 4.78 is 6.39. The zero-order chi connectivity index (χ0) is 18.5. The first kappa shape index (κ1) is 17.5. The van der Waals surface area contributed by atoms with Crippen molar-refractivity contribution in [2.75, 3.05) is 10.6 Å². The van der Waals surface area contributed by atoms with Gasteiger partial charge < -0.3 is 15.1 Å². The zero-order valence-corrected chi connectivity index (χ0v) is 14.3. The number of anilines is 2. The van der Waals surface area contributed by atoms with E-state index in [0.29, 0.717) is 28.9 Å². The van der Waals surface area contributed by atoms with Crippen molar-refractivity contribution >= 4 is 34.3 Å². The topological polar surface area (TPSA) is 93.3 Å². The van der Waals surface area contributed by atoms with E-state index in [1.54, 1.807) is 48.5 Å². The number of carbonyl (C=O) groups excluding carboxylic acids is 2. The Labute approximate surface area is 149 Å². The minimum absolute atomic E-state index is 0.0765. The molecule has 0 aliphatic carbocycles. The molecule has 0 aliphatic rings. The van der Waals surface area contributed by atoms with Gasteiger partial charge in [0.25, 0.3) is 0 Å². The lowest BCUT2D eigenvalue weighted by atomic mass is 10.2. The van der Waals surface area contributed by atoms with Crippen molar-refractivity contribution < 1.29 is 14.0 Å². The minimum Gasteiger partial charge on any atom is -0.408 e. The lowest BCUT2D eigenvalue weighted by Gasteiger charge is -2.09. The average Bonchev–Trinajstić information content (AvgIpc) is 2.91. The van der Waals surface area contributed by atoms with Crippen molar-refractivity contribution in [3.05, 3.63) is 59.1 Å². The molecule has 0 saturated carbocycles. The number of hydrogen-bond acceptors (Lipinski definition) is 4. The van der Waals surface area contributed by atoms with E-state index < -0.39 is 5.76 Å². The van der Waals surface area contributed by atoms with Crippen LogP contribution >= 0.6 is 0 Å². The molecule has 0 fully saturated rings. The summed E-state index contributed by atoms with van der Waals surface area (Å²) in [4.78, 5) is 35.9. The second-order valence-corrected chi connectivity index (χ2v) is 5.85. The van der Waals surface area contributed by atoms with Gasteiger partial charge in [-0.15, -0.1) is 0 Å². The van der Waals surface area contributed by atoms with Crippen LogP contribution in [0.1, 0.15) is 19.8 Å². The highest BCUT2D eigenvalue weighted by molar-refractivity contribution is 5.94. The highest BCUT2D eigenvalue weighted by Gasteiger charge is 2.12. The Balaban J connectivity index is 1.71. The molecule has 3 rings (SSSR count). The molecule has 0 unspecified atom stereocenters. The number of benzene rings is 2. The maximum atomic E-state index is 12.3. The van der Waals surface area contributed by atoms with Crippen molar-refractivity contribution in [1.29, 1.82) is 0 Å². The lowest BCUT2D eigenvalue weighted by molar-refractivity contribution is -0.117. The number of aromatic nitrogens is 1. The molecule has 26 heavy (non-hydrogen) atoms. The van der Waals surface area contributed by atoms with Crippen molar-refractivity contribution in [1.82, 2.24) is 4.57 Å². The third-order valence-electron chi connectivity index (χ3n) is 3.78. The Morgan fingerprint density at radius 1 is 1.00 bits per heavy atom. The van der Waals surface area contributed by atoms with Gasteiger partial charge in [0.2, 0.25) is 11.8 Å². The summed E-state index contributed by atoms with van der Waals surface area (Å²) in [5.74, 6) is -1.02. The quantitative estimate of drug-likeness (QED) is 0.712. The van der Waals surface area contributed by atoms with E-state index in [4.69, 9.17) is 4.42 Å². The van der Waals surface area contributed by atoms with E-state index in [9.17, 15) is 14.4 Å². The van der Waals surface area contributed by atoms with Crippen molar-refractivity contribution in [3.63, 3.8) is 0 Å². The Hall–Kier alpha value is -3.35. The van der Waals surface area contributed by atoms with Crippen LogP contribution < -0.4 is 16.4 Å². The van der Waals surface area contributed by atoms with E-state index in [1.165, 1.54) is 4.57 Å². The summed E-state index contributed by atoms with van der Waals surface area (Å²) in [6, 6.07) is 13.8. The Kier molecular flexibility index (Phi) is 5.17. The molecule has 0 saturated heterocycles. The van der Waals surface area contributed by atoms with Gasteiger partial charge in [0.15, 0.2) is 5.58 Å². The summed E-state index contributed by atoms with van der Waals surface area (Å²) in [6.45, 7) is 1.76. The van der Waals surface area contributed by atoms with Gasteiger partial charge in [-0.25, -0.2) is 4.79 Å². The van der Waals surface area contributed by atoms with Crippen LogP contribution in [-0.2, 0) is 16.1 Å². The number of fused-ring (bicyclic) bond motifs is 1. The molecule has 0 bridgehead atoms. The molecular formula is C19H19N3O4. The van der Waals surface area contributed by atoms with E-state index in [-0.39, 0.29) is 18.4 Å².